The second kappa shape index (κ2) is 8.63. The molecule has 1 aliphatic rings. The minimum absolute atomic E-state index is 0.117. The molecule has 1 fully saturated rings. The highest BCUT2D eigenvalue weighted by Crippen LogP contribution is 2.22. The van der Waals surface area contributed by atoms with Crippen LogP contribution in [0.4, 0.5) is 5.82 Å². The van der Waals surface area contributed by atoms with Crippen molar-refractivity contribution < 1.29 is 4.79 Å². The zero-order chi connectivity index (χ0) is 17.6. The first kappa shape index (κ1) is 18.1. The van der Waals surface area contributed by atoms with Gasteiger partial charge in [-0.1, -0.05) is 53.5 Å². The van der Waals surface area contributed by atoms with Crippen molar-refractivity contribution in [2.24, 2.45) is 0 Å². The fraction of sp³-hybridized carbons (Fsp3) is 0.333. The summed E-state index contributed by atoms with van der Waals surface area (Å²) in [6.07, 6.45) is 1.46. The van der Waals surface area contributed by atoms with Crippen molar-refractivity contribution in [3.8, 4) is 0 Å². The summed E-state index contributed by atoms with van der Waals surface area (Å²) in [5, 5.41) is 3.52. The van der Waals surface area contributed by atoms with Gasteiger partial charge >= 0.3 is 0 Å². The highest BCUT2D eigenvalue weighted by molar-refractivity contribution is 6.36. The van der Waals surface area contributed by atoms with Crippen molar-refractivity contribution >= 4 is 34.9 Å². The predicted octanol–water partition coefficient (Wildman–Crippen LogP) is 3.14. The lowest BCUT2D eigenvalue weighted by Crippen LogP contribution is -2.48. The second-order valence-corrected chi connectivity index (χ2v) is 6.91. The monoisotopic (exact) mass is 378 g/mol. The minimum Gasteiger partial charge on any atom is -0.308 e. The number of pyridine rings is 1. The van der Waals surface area contributed by atoms with Crippen LogP contribution in [0.2, 0.25) is 10.0 Å². The fourth-order valence-corrected chi connectivity index (χ4v) is 3.26. The summed E-state index contributed by atoms with van der Waals surface area (Å²) in [5.41, 5.74) is 1.32. The van der Waals surface area contributed by atoms with Crippen LogP contribution < -0.4 is 5.32 Å². The summed E-state index contributed by atoms with van der Waals surface area (Å²) in [6.45, 7) is 4.90. The van der Waals surface area contributed by atoms with Gasteiger partial charge < -0.3 is 5.32 Å². The number of nitrogens with zero attached hydrogens (tertiary/aromatic N) is 3. The van der Waals surface area contributed by atoms with Gasteiger partial charge in [0.15, 0.2) is 5.82 Å². The Bertz CT molecular complexity index is 718. The molecule has 5 nitrogen and oxygen atoms in total. The summed E-state index contributed by atoms with van der Waals surface area (Å²) in [6, 6.07) is 12.0. The summed E-state index contributed by atoms with van der Waals surface area (Å²) >= 11 is 11.8. The van der Waals surface area contributed by atoms with Crippen LogP contribution in [0, 0.1) is 0 Å². The van der Waals surface area contributed by atoms with E-state index >= 15 is 0 Å². The van der Waals surface area contributed by atoms with Gasteiger partial charge in [-0.25, -0.2) is 4.98 Å². The summed E-state index contributed by atoms with van der Waals surface area (Å²) in [7, 11) is 0. The molecule has 132 valence electrons. The Labute approximate surface area is 157 Å². The van der Waals surface area contributed by atoms with Crippen LogP contribution in [-0.4, -0.2) is 53.4 Å². The lowest BCUT2D eigenvalue weighted by atomic mass is 10.2. The average molecular weight is 379 g/mol. The molecule has 7 heteroatoms. The van der Waals surface area contributed by atoms with Crippen LogP contribution in [0.15, 0.2) is 42.6 Å². The summed E-state index contributed by atoms with van der Waals surface area (Å²) in [4.78, 5) is 20.8. The van der Waals surface area contributed by atoms with Crippen molar-refractivity contribution in [3.05, 3.63) is 58.2 Å². The molecule has 0 unspecified atom stereocenters. The molecule has 1 aromatic carbocycles. The number of hydrogen-bond donors (Lipinski definition) is 1. The zero-order valence-electron chi connectivity index (χ0n) is 13.8. The Morgan fingerprint density at radius 3 is 2.44 bits per heavy atom. The number of benzene rings is 1. The Balaban J connectivity index is 1.44. The number of nitrogens with one attached hydrogen (secondary N) is 1. The first-order valence-corrected chi connectivity index (χ1v) is 8.95. The van der Waals surface area contributed by atoms with Gasteiger partial charge in [0.05, 0.1) is 16.6 Å². The Hall–Kier alpha value is -1.66. The van der Waals surface area contributed by atoms with E-state index in [0.29, 0.717) is 22.4 Å². The van der Waals surface area contributed by atoms with Crippen LogP contribution in [0.5, 0.6) is 0 Å². The van der Waals surface area contributed by atoms with Gasteiger partial charge in [0.25, 0.3) is 0 Å². The maximum atomic E-state index is 12.2. The fourth-order valence-electron chi connectivity index (χ4n) is 2.83. The molecular formula is C18H20Cl2N4O. The van der Waals surface area contributed by atoms with Crippen LogP contribution in [0.25, 0.3) is 0 Å². The molecular weight excluding hydrogens is 359 g/mol. The van der Waals surface area contributed by atoms with Gasteiger partial charge in [0, 0.05) is 38.9 Å². The molecule has 25 heavy (non-hydrogen) atoms. The largest absolute Gasteiger partial charge is 0.308 e. The number of amides is 1. The second-order valence-electron chi connectivity index (χ2n) is 6.07. The van der Waals surface area contributed by atoms with E-state index in [9.17, 15) is 4.79 Å². The average Bonchev–Trinajstić information content (AvgIpc) is 2.60. The number of anilines is 1. The molecule has 1 aromatic heterocycles. The van der Waals surface area contributed by atoms with Crippen molar-refractivity contribution in [3.63, 3.8) is 0 Å². The molecule has 0 aliphatic carbocycles. The quantitative estimate of drug-likeness (QED) is 0.867. The van der Waals surface area contributed by atoms with Crippen molar-refractivity contribution in [2.75, 3.05) is 38.0 Å². The van der Waals surface area contributed by atoms with E-state index < -0.39 is 0 Å². The molecule has 3 rings (SSSR count). The summed E-state index contributed by atoms with van der Waals surface area (Å²) in [5.74, 6) is 0.229. The molecule has 0 bridgehead atoms. The van der Waals surface area contributed by atoms with E-state index in [4.69, 9.17) is 23.2 Å². The maximum Gasteiger partial charge on any atom is 0.239 e. The number of rotatable bonds is 5. The van der Waals surface area contributed by atoms with Crippen LogP contribution in [0.3, 0.4) is 0 Å². The first-order valence-electron chi connectivity index (χ1n) is 8.20. The molecule has 0 saturated carbocycles. The molecule has 0 spiro atoms. The highest BCUT2D eigenvalue weighted by Gasteiger charge is 2.19. The predicted molar refractivity (Wildman–Crippen MR) is 101 cm³/mol. The standard InChI is InChI=1S/C18H20Cl2N4O/c19-15-10-16(20)18(21-11-15)22-17(25)13-24-8-6-23(7-9-24)12-14-4-2-1-3-5-14/h1-5,10-11H,6-9,12-13H2,(H,21,22,25). The highest BCUT2D eigenvalue weighted by atomic mass is 35.5. The number of piperazine rings is 1. The maximum absolute atomic E-state index is 12.2. The Morgan fingerprint density at radius 1 is 1.08 bits per heavy atom. The van der Waals surface area contributed by atoms with Crippen LogP contribution >= 0.6 is 23.2 Å². The molecule has 1 aliphatic heterocycles. The van der Waals surface area contributed by atoms with Crippen molar-refractivity contribution in [2.45, 2.75) is 6.54 Å². The molecule has 1 saturated heterocycles. The molecule has 1 amide bonds. The molecule has 0 atom stereocenters. The third-order valence-electron chi connectivity index (χ3n) is 4.15. The third kappa shape index (κ3) is 5.41. The normalized spacial score (nSPS) is 15.9. The lowest BCUT2D eigenvalue weighted by Gasteiger charge is -2.34. The van der Waals surface area contributed by atoms with E-state index in [1.165, 1.54) is 11.8 Å². The van der Waals surface area contributed by atoms with E-state index in [1.807, 2.05) is 6.07 Å². The molecule has 0 radical (unpaired) electrons. The Morgan fingerprint density at radius 2 is 1.76 bits per heavy atom. The van der Waals surface area contributed by atoms with Gasteiger partial charge in [0.2, 0.25) is 5.91 Å². The number of aromatic nitrogens is 1. The number of hydrogen-bond acceptors (Lipinski definition) is 4. The van der Waals surface area contributed by atoms with E-state index in [-0.39, 0.29) is 5.91 Å². The molecule has 2 aromatic rings. The van der Waals surface area contributed by atoms with Gasteiger partial charge in [-0.2, -0.15) is 0 Å². The number of halogens is 2. The number of carbonyl (C=O) groups is 1. The molecule has 1 N–H and O–H groups in total. The van der Waals surface area contributed by atoms with Gasteiger partial charge in [0.1, 0.15) is 0 Å². The van der Waals surface area contributed by atoms with E-state index in [1.54, 1.807) is 6.07 Å². The van der Waals surface area contributed by atoms with E-state index in [2.05, 4.69) is 44.4 Å². The zero-order valence-corrected chi connectivity index (χ0v) is 15.3. The molecule has 2 heterocycles. The third-order valence-corrected chi connectivity index (χ3v) is 4.64. The van der Waals surface area contributed by atoms with Gasteiger partial charge in [-0.05, 0) is 11.6 Å². The lowest BCUT2D eigenvalue weighted by molar-refractivity contribution is -0.117. The summed E-state index contributed by atoms with van der Waals surface area (Å²) < 4.78 is 0. The van der Waals surface area contributed by atoms with Crippen molar-refractivity contribution in [1.82, 2.24) is 14.8 Å². The van der Waals surface area contributed by atoms with Gasteiger partial charge in [-0.15, -0.1) is 0 Å². The van der Waals surface area contributed by atoms with Gasteiger partial charge in [-0.3, -0.25) is 14.6 Å². The smallest absolute Gasteiger partial charge is 0.239 e. The van der Waals surface area contributed by atoms with Crippen LogP contribution in [0.1, 0.15) is 5.56 Å². The minimum atomic E-state index is -0.117. The first-order chi connectivity index (χ1) is 12.1. The number of carbonyl (C=O) groups excluding carboxylic acids is 1. The van der Waals surface area contributed by atoms with Crippen molar-refractivity contribution in [1.29, 1.82) is 0 Å². The van der Waals surface area contributed by atoms with Crippen LogP contribution in [-0.2, 0) is 11.3 Å². The van der Waals surface area contributed by atoms with E-state index in [0.717, 1.165) is 32.7 Å². The Kier molecular flexibility index (Phi) is 6.26. The topological polar surface area (TPSA) is 48.5 Å². The SMILES string of the molecule is O=C(CN1CCN(Cc2ccccc2)CC1)Nc1ncc(Cl)cc1Cl.